The molecule has 3 aromatic rings. The number of esters is 1. The van der Waals surface area contributed by atoms with E-state index >= 15 is 0 Å². The Morgan fingerprint density at radius 1 is 1.04 bits per heavy atom. The molecular weight excluding hydrogens is 358 g/mol. The zero-order valence-electron chi connectivity index (χ0n) is 15.9. The molecule has 0 aliphatic carbocycles. The van der Waals surface area contributed by atoms with Crippen LogP contribution in [0.25, 0.3) is 5.69 Å². The monoisotopic (exact) mass is 379 g/mol. The van der Waals surface area contributed by atoms with Gasteiger partial charge in [0.05, 0.1) is 18.4 Å². The minimum absolute atomic E-state index is 0.359. The summed E-state index contributed by atoms with van der Waals surface area (Å²) in [6.07, 6.45) is 0.767. The third-order valence-electron chi connectivity index (χ3n) is 4.19. The Kier molecular flexibility index (Phi) is 5.74. The fourth-order valence-electron chi connectivity index (χ4n) is 2.58. The van der Waals surface area contributed by atoms with E-state index in [0.717, 1.165) is 11.4 Å². The quantitative estimate of drug-likeness (QED) is 0.664. The van der Waals surface area contributed by atoms with Crippen LogP contribution < -0.4 is 10.1 Å². The smallest absolute Gasteiger partial charge is 0.338 e. The highest BCUT2D eigenvalue weighted by Gasteiger charge is 2.19. The van der Waals surface area contributed by atoms with Crippen LogP contribution in [-0.2, 0) is 9.53 Å². The molecule has 7 heteroatoms. The SMILES string of the molecule is COc1ccc(NC(=O)[C@@H](C)OC(=O)c2ccc(-n3nccc3C)cc2)cc1. The molecule has 1 heterocycles. The van der Waals surface area contributed by atoms with Gasteiger partial charge in [-0.05, 0) is 68.4 Å². The number of benzene rings is 2. The first kappa shape index (κ1) is 19.2. The van der Waals surface area contributed by atoms with E-state index in [1.165, 1.54) is 6.92 Å². The van der Waals surface area contributed by atoms with Crippen LogP contribution in [0.4, 0.5) is 5.69 Å². The number of hydrogen-bond acceptors (Lipinski definition) is 5. The minimum atomic E-state index is -0.942. The third kappa shape index (κ3) is 4.37. The van der Waals surface area contributed by atoms with Crippen molar-refractivity contribution in [3.05, 3.63) is 72.1 Å². The van der Waals surface area contributed by atoms with Crippen LogP contribution in [0.15, 0.2) is 60.8 Å². The van der Waals surface area contributed by atoms with Crippen molar-refractivity contribution in [1.29, 1.82) is 0 Å². The molecule has 0 unspecified atom stereocenters. The van der Waals surface area contributed by atoms with E-state index in [1.54, 1.807) is 66.5 Å². The van der Waals surface area contributed by atoms with Crippen molar-refractivity contribution in [2.24, 2.45) is 0 Å². The Morgan fingerprint density at radius 2 is 1.71 bits per heavy atom. The zero-order chi connectivity index (χ0) is 20.1. The lowest BCUT2D eigenvalue weighted by Crippen LogP contribution is -2.30. The lowest BCUT2D eigenvalue weighted by Gasteiger charge is -2.14. The van der Waals surface area contributed by atoms with Crippen molar-refractivity contribution in [1.82, 2.24) is 9.78 Å². The van der Waals surface area contributed by atoms with Gasteiger partial charge in [0.1, 0.15) is 5.75 Å². The molecule has 28 heavy (non-hydrogen) atoms. The fraction of sp³-hybridized carbons (Fsp3) is 0.190. The average molecular weight is 379 g/mol. The first-order valence-electron chi connectivity index (χ1n) is 8.75. The number of carbonyl (C=O) groups is 2. The molecule has 144 valence electrons. The highest BCUT2D eigenvalue weighted by molar-refractivity contribution is 5.97. The van der Waals surface area contributed by atoms with Gasteiger partial charge in [-0.15, -0.1) is 0 Å². The predicted octanol–water partition coefficient (Wildman–Crippen LogP) is 3.37. The van der Waals surface area contributed by atoms with Gasteiger partial charge in [-0.1, -0.05) is 0 Å². The van der Waals surface area contributed by atoms with Crippen LogP contribution in [0.2, 0.25) is 0 Å². The molecule has 1 atom stereocenters. The highest BCUT2D eigenvalue weighted by atomic mass is 16.5. The van der Waals surface area contributed by atoms with E-state index in [1.807, 2.05) is 13.0 Å². The Morgan fingerprint density at radius 3 is 2.29 bits per heavy atom. The molecule has 0 aliphatic rings. The van der Waals surface area contributed by atoms with Crippen molar-refractivity contribution in [2.45, 2.75) is 20.0 Å². The number of carbonyl (C=O) groups excluding carboxylic acids is 2. The van der Waals surface area contributed by atoms with Crippen molar-refractivity contribution in [2.75, 3.05) is 12.4 Å². The van der Waals surface area contributed by atoms with Crippen molar-refractivity contribution in [3.8, 4) is 11.4 Å². The normalized spacial score (nSPS) is 11.5. The standard InChI is InChI=1S/C21H21N3O4/c1-14-12-13-22-24(14)18-8-4-16(5-9-18)21(26)28-15(2)20(25)23-17-6-10-19(27-3)11-7-17/h4-13,15H,1-3H3,(H,23,25)/t15-/m1/s1. The van der Waals surface area contributed by atoms with Crippen LogP contribution in [-0.4, -0.2) is 34.9 Å². The van der Waals surface area contributed by atoms with Crippen LogP contribution in [0.5, 0.6) is 5.75 Å². The number of methoxy groups -OCH3 is 1. The maximum absolute atomic E-state index is 12.3. The van der Waals surface area contributed by atoms with E-state index in [2.05, 4.69) is 10.4 Å². The van der Waals surface area contributed by atoms with Crippen molar-refractivity contribution < 1.29 is 19.1 Å². The van der Waals surface area contributed by atoms with Crippen LogP contribution in [0, 0.1) is 6.92 Å². The summed E-state index contributed by atoms with van der Waals surface area (Å²) < 4.78 is 12.1. The summed E-state index contributed by atoms with van der Waals surface area (Å²) in [6, 6.07) is 15.6. The van der Waals surface area contributed by atoms with Gasteiger partial charge < -0.3 is 14.8 Å². The van der Waals surface area contributed by atoms with Gasteiger partial charge in [0.2, 0.25) is 0 Å². The number of aromatic nitrogens is 2. The van der Waals surface area contributed by atoms with Gasteiger partial charge in [0.25, 0.3) is 5.91 Å². The van der Waals surface area contributed by atoms with E-state index < -0.39 is 18.0 Å². The van der Waals surface area contributed by atoms with E-state index in [4.69, 9.17) is 9.47 Å². The molecule has 1 N–H and O–H groups in total. The van der Waals surface area contributed by atoms with Crippen LogP contribution in [0.3, 0.4) is 0 Å². The second kappa shape index (κ2) is 8.39. The van der Waals surface area contributed by atoms with E-state index in [9.17, 15) is 9.59 Å². The molecule has 0 aliphatic heterocycles. The third-order valence-corrected chi connectivity index (χ3v) is 4.19. The highest BCUT2D eigenvalue weighted by Crippen LogP contribution is 2.16. The van der Waals surface area contributed by atoms with Gasteiger partial charge in [0, 0.05) is 17.6 Å². The first-order chi connectivity index (χ1) is 13.5. The molecule has 0 fully saturated rings. The molecule has 0 saturated heterocycles. The zero-order valence-corrected chi connectivity index (χ0v) is 15.9. The molecule has 0 spiro atoms. The molecular formula is C21H21N3O4. The van der Waals surface area contributed by atoms with Gasteiger partial charge >= 0.3 is 5.97 Å². The van der Waals surface area contributed by atoms with Gasteiger partial charge in [0.15, 0.2) is 6.10 Å². The van der Waals surface area contributed by atoms with Crippen molar-refractivity contribution in [3.63, 3.8) is 0 Å². The number of ether oxygens (including phenoxy) is 2. The number of hydrogen-bond donors (Lipinski definition) is 1. The number of rotatable bonds is 6. The van der Waals surface area contributed by atoms with Crippen LogP contribution in [0.1, 0.15) is 23.0 Å². The number of nitrogens with zero attached hydrogens (tertiary/aromatic N) is 2. The molecule has 0 bridgehead atoms. The predicted molar refractivity (Wildman–Crippen MR) is 105 cm³/mol. The number of anilines is 1. The molecule has 0 saturated carbocycles. The summed E-state index contributed by atoms with van der Waals surface area (Å²) in [5.41, 5.74) is 2.77. The fourth-order valence-corrected chi connectivity index (χ4v) is 2.58. The number of nitrogens with one attached hydrogen (secondary N) is 1. The Balaban J connectivity index is 1.60. The second-order valence-electron chi connectivity index (χ2n) is 6.20. The van der Waals surface area contributed by atoms with Crippen LogP contribution >= 0.6 is 0 Å². The summed E-state index contributed by atoms with van der Waals surface area (Å²) >= 11 is 0. The summed E-state index contributed by atoms with van der Waals surface area (Å²) in [5, 5.41) is 6.92. The lowest BCUT2D eigenvalue weighted by molar-refractivity contribution is -0.123. The Hall–Kier alpha value is -3.61. The molecule has 1 aromatic heterocycles. The van der Waals surface area contributed by atoms with Gasteiger partial charge in [-0.25, -0.2) is 9.48 Å². The molecule has 7 nitrogen and oxygen atoms in total. The molecule has 0 radical (unpaired) electrons. The maximum Gasteiger partial charge on any atom is 0.338 e. The summed E-state index contributed by atoms with van der Waals surface area (Å²) in [5.74, 6) is -0.297. The molecule has 2 aromatic carbocycles. The summed E-state index contributed by atoms with van der Waals surface area (Å²) in [7, 11) is 1.57. The van der Waals surface area contributed by atoms with Gasteiger partial charge in [-0.3, -0.25) is 4.79 Å². The number of amides is 1. The topological polar surface area (TPSA) is 82.5 Å². The maximum atomic E-state index is 12.3. The van der Waals surface area contributed by atoms with E-state index in [0.29, 0.717) is 17.0 Å². The Bertz CT molecular complexity index is 962. The second-order valence-corrected chi connectivity index (χ2v) is 6.20. The first-order valence-corrected chi connectivity index (χ1v) is 8.75. The summed E-state index contributed by atoms with van der Waals surface area (Å²) in [4.78, 5) is 24.6. The van der Waals surface area contributed by atoms with E-state index in [-0.39, 0.29) is 0 Å². The molecule has 1 amide bonds. The van der Waals surface area contributed by atoms with Gasteiger partial charge in [-0.2, -0.15) is 5.10 Å². The molecule has 3 rings (SSSR count). The van der Waals surface area contributed by atoms with Crippen molar-refractivity contribution >= 4 is 17.6 Å². The minimum Gasteiger partial charge on any atom is -0.497 e. The summed E-state index contributed by atoms with van der Waals surface area (Å²) in [6.45, 7) is 3.47. The average Bonchev–Trinajstić information content (AvgIpc) is 3.14. The largest absolute Gasteiger partial charge is 0.497 e. The number of aryl methyl sites for hydroxylation is 1. The Labute approximate surface area is 162 Å². The lowest BCUT2D eigenvalue weighted by atomic mass is 10.2.